The molecule has 1 aromatic carbocycles. The Morgan fingerprint density at radius 2 is 1.18 bits per heavy atom. The molecule has 0 aromatic heterocycles. The zero-order valence-electron chi connectivity index (χ0n) is 10.8. The summed E-state index contributed by atoms with van der Waals surface area (Å²) in [6, 6.07) is 13.4. The molecule has 0 aliphatic heterocycles. The van der Waals surface area contributed by atoms with Crippen molar-refractivity contribution >= 4 is 0 Å². The molecule has 0 N–H and O–H groups in total. The minimum absolute atomic E-state index is 1.04. The molecular formula is C16H23N. The Morgan fingerprint density at radius 1 is 0.765 bits per heavy atom. The van der Waals surface area contributed by atoms with Gasteiger partial charge in [-0.1, -0.05) is 35.9 Å². The second-order valence-corrected chi connectivity index (χ2v) is 5.80. The molecule has 0 spiro atoms. The summed E-state index contributed by atoms with van der Waals surface area (Å²) >= 11 is 0. The van der Waals surface area contributed by atoms with Gasteiger partial charge in [-0.2, -0.15) is 0 Å². The maximum Gasteiger partial charge on any atom is 0.0102 e. The van der Waals surface area contributed by atoms with Gasteiger partial charge in [0.25, 0.3) is 0 Å². The maximum absolute atomic E-state index is 2.83. The topological polar surface area (TPSA) is 3.24 Å². The molecule has 4 rings (SSSR count). The van der Waals surface area contributed by atoms with Crippen LogP contribution in [0.4, 0.5) is 0 Å². The standard InChI is InChI=1S/C9H15N.C7H8/c1-2-7(1)10(8-3-4-8)9-5-6-9;1-7-5-3-2-4-6-7/h7-9H,1-6H2;2-6H,1H3. The smallest absolute Gasteiger partial charge is 0.0102 e. The first-order valence-corrected chi connectivity index (χ1v) is 7.13. The maximum atomic E-state index is 2.83. The molecule has 0 bridgehead atoms. The molecule has 17 heavy (non-hydrogen) atoms. The lowest BCUT2D eigenvalue weighted by Gasteiger charge is -2.20. The lowest BCUT2D eigenvalue weighted by Crippen LogP contribution is -2.30. The van der Waals surface area contributed by atoms with Crippen molar-refractivity contribution in [3.63, 3.8) is 0 Å². The molecule has 0 heterocycles. The van der Waals surface area contributed by atoms with Crippen LogP contribution in [-0.4, -0.2) is 23.0 Å². The van der Waals surface area contributed by atoms with Gasteiger partial charge in [-0.3, -0.25) is 4.90 Å². The highest BCUT2D eigenvalue weighted by molar-refractivity contribution is 5.11. The first-order valence-electron chi connectivity index (χ1n) is 7.13. The van der Waals surface area contributed by atoms with Gasteiger partial charge in [0, 0.05) is 18.1 Å². The molecule has 1 nitrogen and oxygen atoms in total. The molecule has 1 heteroatoms. The Labute approximate surface area is 105 Å². The third-order valence-corrected chi connectivity index (χ3v) is 3.85. The van der Waals surface area contributed by atoms with Crippen LogP contribution in [-0.2, 0) is 0 Å². The van der Waals surface area contributed by atoms with Crippen LogP contribution in [0.15, 0.2) is 30.3 Å². The minimum Gasteiger partial charge on any atom is -0.294 e. The van der Waals surface area contributed by atoms with Crippen molar-refractivity contribution in [1.82, 2.24) is 4.90 Å². The van der Waals surface area contributed by atoms with Crippen molar-refractivity contribution in [1.29, 1.82) is 0 Å². The van der Waals surface area contributed by atoms with Gasteiger partial charge in [-0.15, -0.1) is 0 Å². The lowest BCUT2D eigenvalue weighted by atomic mass is 10.2. The van der Waals surface area contributed by atoms with E-state index in [2.05, 4.69) is 24.0 Å². The van der Waals surface area contributed by atoms with E-state index in [0.29, 0.717) is 0 Å². The number of hydrogen-bond acceptors (Lipinski definition) is 1. The fourth-order valence-electron chi connectivity index (χ4n) is 2.55. The normalized spacial score (nSPS) is 23.2. The SMILES string of the molecule is C1CC1N(C1CC1)C1CC1.Cc1ccccc1. The Kier molecular flexibility index (Phi) is 3.19. The summed E-state index contributed by atoms with van der Waals surface area (Å²) in [4.78, 5) is 2.83. The second-order valence-electron chi connectivity index (χ2n) is 5.80. The van der Waals surface area contributed by atoms with Gasteiger partial charge in [-0.25, -0.2) is 0 Å². The molecule has 1 aromatic rings. The molecule has 0 radical (unpaired) electrons. The number of hydrogen-bond donors (Lipinski definition) is 0. The predicted octanol–water partition coefficient (Wildman–Crippen LogP) is 3.77. The summed E-state index contributed by atoms with van der Waals surface area (Å²) in [5.74, 6) is 0. The van der Waals surface area contributed by atoms with Gasteiger partial charge < -0.3 is 0 Å². The van der Waals surface area contributed by atoms with E-state index in [4.69, 9.17) is 0 Å². The van der Waals surface area contributed by atoms with Gasteiger partial charge in [0.15, 0.2) is 0 Å². The Bertz CT molecular complexity index is 319. The average Bonchev–Trinajstić information content (AvgIpc) is 3.16. The van der Waals surface area contributed by atoms with Crippen LogP contribution in [0.3, 0.4) is 0 Å². The molecular weight excluding hydrogens is 206 g/mol. The van der Waals surface area contributed by atoms with E-state index in [9.17, 15) is 0 Å². The fourth-order valence-corrected chi connectivity index (χ4v) is 2.55. The summed E-state index contributed by atoms with van der Waals surface area (Å²) in [7, 11) is 0. The molecule has 3 aliphatic rings. The van der Waals surface area contributed by atoms with Crippen molar-refractivity contribution < 1.29 is 0 Å². The number of aryl methyl sites for hydroxylation is 1. The van der Waals surface area contributed by atoms with E-state index >= 15 is 0 Å². The summed E-state index contributed by atoms with van der Waals surface area (Å²) in [5.41, 5.74) is 1.32. The van der Waals surface area contributed by atoms with Crippen LogP contribution in [0.1, 0.15) is 44.1 Å². The van der Waals surface area contributed by atoms with E-state index in [0.717, 1.165) is 18.1 Å². The summed E-state index contributed by atoms with van der Waals surface area (Å²) < 4.78 is 0. The van der Waals surface area contributed by atoms with Crippen molar-refractivity contribution in [2.45, 2.75) is 63.6 Å². The molecule has 0 unspecified atom stereocenters. The first-order chi connectivity index (χ1) is 8.34. The second kappa shape index (κ2) is 4.81. The first kappa shape index (κ1) is 11.3. The number of rotatable bonds is 3. The zero-order valence-corrected chi connectivity index (χ0v) is 10.8. The molecule has 0 saturated heterocycles. The number of benzene rings is 1. The molecule has 0 atom stereocenters. The van der Waals surface area contributed by atoms with Crippen molar-refractivity contribution in [2.24, 2.45) is 0 Å². The molecule has 92 valence electrons. The summed E-state index contributed by atoms with van der Waals surface area (Å²) in [6.45, 7) is 2.08. The van der Waals surface area contributed by atoms with E-state index in [1.165, 1.54) is 44.1 Å². The molecule has 3 fully saturated rings. The van der Waals surface area contributed by atoms with Crippen molar-refractivity contribution in [3.05, 3.63) is 35.9 Å². The quantitative estimate of drug-likeness (QED) is 0.762. The largest absolute Gasteiger partial charge is 0.294 e. The van der Waals surface area contributed by atoms with Gasteiger partial charge in [0.2, 0.25) is 0 Å². The number of nitrogens with zero attached hydrogens (tertiary/aromatic N) is 1. The zero-order chi connectivity index (χ0) is 11.7. The fraction of sp³-hybridized carbons (Fsp3) is 0.625. The molecule has 0 amide bonds. The third kappa shape index (κ3) is 3.32. The van der Waals surface area contributed by atoms with Crippen LogP contribution >= 0.6 is 0 Å². The van der Waals surface area contributed by atoms with Gasteiger partial charge in [-0.05, 0) is 45.4 Å². The summed E-state index contributed by atoms with van der Waals surface area (Å²) in [6.07, 6.45) is 9.04. The van der Waals surface area contributed by atoms with Crippen LogP contribution in [0, 0.1) is 6.92 Å². The average molecular weight is 229 g/mol. The third-order valence-electron chi connectivity index (χ3n) is 3.85. The highest BCUT2D eigenvalue weighted by Gasteiger charge is 2.46. The van der Waals surface area contributed by atoms with Crippen LogP contribution in [0.2, 0.25) is 0 Å². The van der Waals surface area contributed by atoms with Crippen molar-refractivity contribution in [2.75, 3.05) is 0 Å². The van der Waals surface area contributed by atoms with E-state index in [1.54, 1.807) is 0 Å². The molecule has 3 saturated carbocycles. The summed E-state index contributed by atoms with van der Waals surface area (Å²) in [5, 5.41) is 0. The Balaban J connectivity index is 0.000000115. The van der Waals surface area contributed by atoms with Gasteiger partial charge in [0.05, 0.1) is 0 Å². The lowest BCUT2D eigenvalue weighted by molar-refractivity contribution is 0.242. The van der Waals surface area contributed by atoms with Crippen LogP contribution in [0.5, 0.6) is 0 Å². The van der Waals surface area contributed by atoms with E-state index in [1.807, 2.05) is 18.2 Å². The van der Waals surface area contributed by atoms with Gasteiger partial charge >= 0.3 is 0 Å². The molecule has 3 aliphatic carbocycles. The van der Waals surface area contributed by atoms with E-state index < -0.39 is 0 Å². The highest BCUT2D eigenvalue weighted by atomic mass is 15.3. The minimum atomic E-state index is 1.04. The monoisotopic (exact) mass is 229 g/mol. The Hall–Kier alpha value is -0.820. The Morgan fingerprint density at radius 3 is 1.41 bits per heavy atom. The van der Waals surface area contributed by atoms with Crippen molar-refractivity contribution in [3.8, 4) is 0 Å². The highest BCUT2D eigenvalue weighted by Crippen LogP contribution is 2.44. The van der Waals surface area contributed by atoms with E-state index in [-0.39, 0.29) is 0 Å². The van der Waals surface area contributed by atoms with Crippen LogP contribution in [0.25, 0.3) is 0 Å². The van der Waals surface area contributed by atoms with Crippen LogP contribution < -0.4 is 0 Å². The van der Waals surface area contributed by atoms with Gasteiger partial charge in [0.1, 0.15) is 0 Å². The predicted molar refractivity (Wildman–Crippen MR) is 72.1 cm³/mol.